The largest absolute Gasteiger partial charge is 0.349 e. The molecule has 0 spiro atoms. The van der Waals surface area contributed by atoms with Gasteiger partial charge in [-0.15, -0.1) is 0 Å². The second-order valence-corrected chi connectivity index (χ2v) is 11.8. The molecule has 1 aromatic rings. The van der Waals surface area contributed by atoms with E-state index in [9.17, 15) is 24.0 Å². The van der Waals surface area contributed by atoms with Crippen LogP contribution in [0.4, 0.5) is 0 Å². The first-order valence-electron chi connectivity index (χ1n) is 14.5. The lowest BCUT2D eigenvalue weighted by Crippen LogP contribution is -2.58. The summed E-state index contributed by atoms with van der Waals surface area (Å²) in [6.45, 7) is 9.65. The minimum absolute atomic E-state index is 0.112. The molecule has 1 aromatic carbocycles. The predicted octanol–water partition coefficient (Wildman–Crippen LogP) is 1.63. The zero-order valence-electron chi connectivity index (χ0n) is 24.4. The van der Waals surface area contributed by atoms with Gasteiger partial charge in [0.2, 0.25) is 29.5 Å². The van der Waals surface area contributed by atoms with E-state index in [1.807, 2.05) is 58.0 Å². The quantitative estimate of drug-likeness (QED) is 0.492. The third kappa shape index (κ3) is 8.53. The summed E-state index contributed by atoms with van der Waals surface area (Å²) in [6, 6.07) is 6.72. The van der Waals surface area contributed by atoms with E-state index in [1.165, 1.54) is 9.80 Å². The van der Waals surface area contributed by atoms with E-state index in [4.69, 9.17) is 0 Å². The first kappa shape index (κ1) is 31.1. The van der Waals surface area contributed by atoms with Crippen molar-refractivity contribution < 1.29 is 24.0 Å². The van der Waals surface area contributed by atoms with Gasteiger partial charge >= 0.3 is 0 Å². The van der Waals surface area contributed by atoms with Crippen molar-refractivity contribution in [3.05, 3.63) is 35.9 Å². The Labute approximate surface area is 237 Å². The van der Waals surface area contributed by atoms with Crippen molar-refractivity contribution in [1.29, 1.82) is 0 Å². The monoisotopic (exact) mass is 555 g/mol. The number of rotatable bonds is 6. The number of benzene rings is 1. The fraction of sp³-hybridized carbons (Fsp3) is 0.633. The molecule has 0 aromatic heterocycles. The van der Waals surface area contributed by atoms with Crippen molar-refractivity contribution in [2.75, 3.05) is 19.6 Å². The van der Waals surface area contributed by atoms with Crippen LogP contribution in [0.25, 0.3) is 0 Å². The zero-order valence-corrected chi connectivity index (χ0v) is 24.4. The molecule has 3 rings (SSSR count). The van der Waals surface area contributed by atoms with Gasteiger partial charge in [-0.3, -0.25) is 24.0 Å². The highest BCUT2D eigenvalue weighted by Crippen LogP contribution is 2.20. The summed E-state index contributed by atoms with van der Waals surface area (Å²) < 4.78 is 0. The van der Waals surface area contributed by atoms with Crippen LogP contribution in [0.2, 0.25) is 0 Å². The molecule has 3 N–H and O–H groups in total. The number of hydrogen-bond acceptors (Lipinski definition) is 5. The van der Waals surface area contributed by atoms with Gasteiger partial charge in [0, 0.05) is 19.5 Å². The molecule has 220 valence electrons. The lowest BCUT2D eigenvalue weighted by atomic mass is 10.00. The minimum atomic E-state index is -0.862. The first-order chi connectivity index (χ1) is 19.0. The van der Waals surface area contributed by atoms with E-state index in [2.05, 4.69) is 16.0 Å². The van der Waals surface area contributed by atoms with E-state index in [0.29, 0.717) is 38.1 Å². The van der Waals surface area contributed by atoms with Gasteiger partial charge in [-0.25, -0.2) is 0 Å². The third-order valence-corrected chi connectivity index (χ3v) is 7.57. The number of hydrogen-bond donors (Lipinski definition) is 3. The molecule has 2 heterocycles. The molecule has 2 fully saturated rings. The molecular weight excluding hydrogens is 510 g/mol. The molecule has 0 radical (unpaired) electrons. The second kappa shape index (κ2) is 14.3. The molecule has 10 nitrogen and oxygen atoms in total. The standard InChI is InChI=1S/C30H45N5O5/c1-19(2)13-14-26(37)34-17-23(16-22-10-7-6-8-11-22)32-29(39)27(20(3)4)33-28(38)24-12-9-15-35(24)30(40)21(5)31-25(36)18-34/h6-8,10-11,19-21,23-24,27H,9,12-18H2,1-5H3,(H,31,36)(H,32,39)(H,33,38)/t21-,23-,24+,27-/m0/s1. The Morgan fingerprint density at radius 3 is 2.33 bits per heavy atom. The summed E-state index contributed by atoms with van der Waals surface area (Å²) >= 11 is 0. The number of fused-ring (bicyclic) bond motifs is 1. The number of carbonyl (C=O) groups excluding carboxylic acids is 5. The maximum absolute atomic E-state index is 13.6. The van der Waals surface area contributed by atoms with Crippen LogP contribution in [0.15, 0.2) is 30.3 Å². The van der Waals surface area contributed by atoms with Gasteiger partial charge in [0.15, 0.2) is 0 Å². The average Bonchev–Trinajstić information content (AvgIpc) is 3.39. The fourth-order valence-electron chi connectivity index (χ4n) is 5.30. The second-order valence-electron chi connectivity index (χ2n) is 11.8. The summed E-state index contributed by atoms with van der Waals surface area (Å²) in [6.07, 6.45) is 2.51. The van der Waals surface area contributed by atoms with Crippen LogP contribution in [0.5, 0.6) is 0 Å². The summed E-state index contributed by atoms with van der Waals surface area (Å²) in [5, 5.41) is 8.69. The molecule has 0 bridgehead atoms. The van der Waals surface area contributed by atoms with Gasteiger partial charge in [-0.05, 0) is 50.0 Å². The van der Waals surface area contributed by atoms with Gasteiger partial charge < -0.3 is 25.8 Å². The van der Waals surface area contributed by atoms with Crippen molar-refractivity contribution in [2.45, 2.75) is 90.9 Å². The van der Waals surface area contributed by atoms with Gasteiger partial charge in [-0.2, -0.15) is 0 Å². The maximum atomic E-state index is 13.6. The summed E-state index contributed by atoms with van der Waals surface area (Å²) in [4.78, 5) is 69.6. The molecule has 0 saturated carbocycles. The Morgan fingerprint density at radius 1 is 0.975 bits per heavy atom. The van der Waals surface area contributed by atoms with Crippen molar-refractivity contribution in [3.63, 3.8) is 0 Å². The Morgan fingerprint density at radius 2 is 1.68 bits per heavy atom. The summed E-state index contributed by atoms with van der Waals surface area (Å²) in [7, 11) is 0. The van der Waals surface area contributed by atoms with Crippen molar-refractivity contribution in [1.82, 2.24) is 25.8 Å². The molecule has 4 atom stereocenters. The third-order valence-electron chi connectivity index (χ3n) is 7.57. The highest BCUT2D eigenvalue weighted by atomic mass is 16.2. The Balaban J connectivity index is 1.97. The maximum Gasteiger partial charge on any atom is 0.245 e. The van der Waals surface area contributed by atoms with Crippen LogP contribution in [0, 0.1) is 11.8 Å². The van der Waals surface area contributed by atoms with Crippen molar-refractivity contribution in [2.24, 2.45) is 11.8 Å². The molecule has 10 heteroatoms. The summed E-state index contributed by atoms with van der Waals surface area (Å²) in [5.41, 5.74) is 0.968. The van der Waals surface area contributed by atoms with Crippen LogP contribution in [-0.4, -0.2) is 83.1 Å². The smallest absolute Gasteiger partial charge is 0.245 e. The lowest BCUT2D eigenvalue weighted by Gasteiger charge is -2.31. The Kier molecular flexibility index (Phi) is 11.1. The topological polar surface area (TPSA) is 128 Å². The molecule has 2 aliphatic heterocycles. The number of nitrogens with one attached hydrogen (secondary N) is 3. The van der Waals surface area contributed by atoms with Gasteiger partial charge in [0.05, 0.1) is 12.6 Å². The van der Waals surface area contributed by atoms with E-state index in [1.54, 1.807) is 6.92 Å². The molecule has 0 aliphatic carbocycles. The molecule has 2 aliphatic rings. The van der Waals surface area contributed by atoms with Crippen LogP contribution in [0.1, 0.15) is 65.9 Å². The zero-order chi connectivity index (χ0) is 29.4. The fourth-order valence-corrected chi connectivity index (χ4v) is 5.30. The van der Waals surface area contributed by atoms with Crippen LogP contribution in [0.3, 0.4) is 0 Å². The van der Waals surface area contributed by atoms with E-state index in [0.717, 1.165) is 5.56 Å². The van der Waals surface area contributed by atoms with Crippen LogP contribution >= 0.6 is 0 Å². The van der Waals surface area contributed by atoms with Gasteiger partial charge in [-0.1, -0.05) is 58.0 Å². The molecular formula is C30H45N5O5. The highest BCUT2D eigenvalue weighted by Gasteiger charge is 2.39. The molecule has 0 unspecified atom stereocenters. The summed E-state index contributed by atoms with van der Waals surface area (Å²) in [5.74, 6) is -1.64. The molecule has 40 heavy (non-hydrogen) atoms. The number of carbonyl (C=O) groups is 5. The van der Waals surface area contributed by atoms with E-state index >= 15 is 0 Å². The normalized spacial score (nSPS) is 25.2. The Bertz CT molecular complexity index is 1060. The van der Waals surface area contributed by atoms with E-state index < -0.39 is 30.1 Å². The lowest BCUT2D eigenvalue weighted by molar-refractivity contribution is -0.142. The van der Waals surface area contributed by atoms with Crippen LogP contribution in [-0.2, 0) is 30.4 Å². The molecule has 5 amide bonds. The van der Waals surface area contributed by atoms with Gasteiger partial charge in [0.1, 0.15) is 18.1 Å². The van der Waals surface area contributed by atoms with Crippen molar-refractivity contribution >= 4 is 29.5 Å². The highest BCUT2D eigenvalue weighted by molar-refractivity contribution is 5.95. The SMILES string of the molecule is CC(C)CCC(=O)N1CC(=O)N[C@@H](C)C(=O)N2CCC[C@@H]2C(=O)N[C@@H](C(C)C)C(=O)N[C@@H](Cc2ccccc2)C1. The Hall–Kier alpha value is -3.43. The minimum Gasteiger partial charge on any atom is -0.349 e. The molecule has 2 saturated heterocycles. The number of nitrogens with zero attached hydrogens (tertiary/aromatic N) is 2. The van der Waals surface area contributed by atoms with Crippen molar-refractivity contribution in [3.8, 4) is 0 Å². The van der Waals surface area contributed by atoms with Gasteiger partial charge in [0.25, 0.3) is 0 Å². The van der Waals surface area contributed by atoms with E-state index in [-0.39, 0.29) is 49.1 Å². The average molecular weight is 556 g/mol. The first-order valence-corrected chi connectivity index (χ1v) is 14.5. The predicted molar refractivity (Wildman–Crippen MR) is 152 cm³/mol. The van der Waals surface area contributed by atoms with Crippen LogP contribution < -0.4 is 16.0 Å². The number of amides is 5.